The molecule has 0 spiro atoms. The zero-order valence-electron chi connectivity index (χ0n) is 56.6. The molecule has 0 aromatic heterocycles. The van der Waals surface area contributed by atoms with Crippen molar-refractivity contribution in [3.63, 3.8) is 0 Å². The molecule has 0 heterocycles. The van der Waals surface area contributed by atoms with Gasteiger partial charge in [0.25, 0.3) is 0 Å². The number of aliphatic hydroxyl groups excluding tert-OH is 1. The molecule has 0 aliphatic heterocycles. The van der Waals surface area contributed by atoms with Gasteiger partial charge in [-0.2, -0.15) is 0 Å². The summed E-state index contributed by atoms with van der Waals surface area (Å²) in [6, 6.07) is 0. The van der Waals surface area contributed by atoms with Gasteiger partial charge in [0, 0.05) is 25.7 Å². The van der Waals surface area contributed by atoms with Crippen LogP contribution in [0.3, 0.4) is 0 Å². The maximum Gasteiger partial charge on any atom is 0.472 e. The maximum absolute atomic E-state index is 13.0. The zero-order chi connectivity index (χ0) is 64.7. The smallest absolute Gasteiger partial charge is 0.462 e. The summed E-state index contributed by atoms with van der Waals surface area (Å²) in [5, 5.41) is 10.6. The van der Waals surface area contributed by atoms with E-state index in [4.69, 9.17) is 37.0 Å². The van der Waals surface area contributed by atoms with Gasteiger partial charge in [0.05, 0.1) is 26.4 Å². The predicted molar refractivity (Wildman–Crippen MR) is 349 cm³/mol. The Kier molecular flexibility index (Phi) is 56.6. The molecule has 516 valence electrons. The number of phosphoric ester groups is 2. The van der Waals surface area contributed by atoms with Crippen LogP contribution in [0, 0.1) is 23.7 Å². The van der Waals surface area contributed by atoms with E-state index in [9.17, 15) is 43.2 Å². The second kappa shape index (κ2) is 57.9. The first-order valence-corrected chi connectivity index (χ1v) is 38.2. The number of carbonyl (C=O) groups excluding carboxylic acids is 4. The Morgan fingerprint density at radius 3 is 0.713 bits per heavy atom. The number of aliphatic hydroxyl groups is 1. The van der Waals surface area contributed by atoms with Crippen LogP contribution in [0.25, 0.3) is 0 Å². The van der Waals surface area contributed by atoms with Crippen molar-refractivity contribution in [2.45, 2.75) is 350 Å². The van der Waals surface area contributed by atoms with Gasteiger partial charge >= 0.3 is 39.5 Å². The molecule has 0 bridgehead atoms. The molecule has 19 heteroatoms. The van der Waals surface area contributed by atoms with Gasteiger partial charge in [-0.05, 0) is 49.4 Å². The SMILES string of the molecule is CC(C)CCCCCCCCCCCCC(=O)O[C@H](COC(=O)CCCCCCCCCCC(C)C)COP(=O)(O)OCC(O)COP(=O)(O)OC[C@@H](COC(=O)CCCCCCCCCCC(C)C)OC(=O)CCCCCCCCCCCC(C)C. The molecule has 17 nitrogen and oxygen atoms in total. The van der Waals surface area contributed by atoms with Gasteiger partial charge in [0.2, 0.25) is 0 Å². The minimum absolute atomic E-state index is 0.104. The molecule has 0 aromatic carbocycles. The highest BCUT2D eigenvalue weighted by atomic mass is 31.2. The van der Waals surface area contributed by atoms with Crippen molar-refractivity contribution in [2.75, 3.05) is 39.6 Å². The lowest BCUT2D eigenvalue weighted by Gasteiger charge is -2.21. The van der Waals surface area contributed by atoms with E-state index in [1.165, 1.54) is 135 Å². The lowest BCUT2D eigenvalue weighted by molar-refractivity contribution is -0.161. The minimum Gasteiger partial charge on any atom is -0.462 e. The molecule has 87 heavy (non-hydrogen) atoms. The molecule has 0 aliphatic rings. The number of unbranched alkanes of at least 4 members (excludes halogenated alkanes) is 31. The van der Waals surface area contributed by atoms with Crippen LogP contribution in [0.5, 0.6) is 0 Å². The van der Waals surface area contributed by atoms with Crippen LogP contribution >= 0.6 is 15.6 Å². The second-order valence-corrected chi connectivity index (χ2v) is 29.4. The molecule has 3 unspecified atom stereocenters. The van der Waals surface area contributed by atoms with Gasteiger partial charge in [-0.25, -0.2) is 9.13 Å². The highest BCUT2D eigenvalue weighted by molar-refractivity contribution is 7.47. The molecule has 5 atom stereocenters. The van der Waals surface area contributed by atoms with Crippen LogP contribution in [0.4, 0.5) is 0 Å². The highest BCUT2D eigenvalue weighted by Gasteiger charge is 2.30. The average molecular weight is 1280 g/mol. The molecular weight excluding hydrogens is 1150 g/mol. The Bertz CT molecular complexity index is 1730. The fourth-order valence-electron chi connectivity index (χ4n) is 10.1. The van der Waals surface area contributed by atoms with E-state index in [1.807, 2.05) is 0 Å². The van der Waals surface area contributed by atoms with Crippen molar-refractivity contribution in [1.29, 1.82) is 0 Å². The van der Waals surface area contributed by atoms with Gasteiger partial charge in [-0.1, -0.05) is 280 Å². The summed E-state index contributed by atoms with van der Waals surface area (Å²) < 4.78 is 68.2. The number of ether oxygens (including phenoxy) is 4. The Labute approximate surface area is 530 Å². The van der Waals surface area contributed by atoms with Gasteiger partial charge in [-0.15, -0.1) is 0 Å². The molecule has 0 fully saturated rings. The van der Waals surface area contributed by atoms with Crippen molar-refractivity contribution in [1.82, 2.24) is 0 Å². The third-order valence-corrected chi connectivity index (χ3v) is 17.5. The number of carbonyl (C=O) groups is 4. The first-order valence-electron chi connectivity index (χ1n) is 35.2. The Hall–Kier alpha value is -1.94. The van der Waals surface area contributed by atoms with E-state index in [0.29, 0.717) is 25.7 Å². The maximum atomic E-state index is 13.0. The molecule has 0 saturated carbocycles. The number of phosphoric acid groups is 2. The lowest BCUT2D eigenvalue weighted by atomic mass is 10.0. The molecule has 3 N–H and O–H groups in total. The van der Waals surface area contributed by atoms with E-state index in [0.717, 1.165) is 114 Å². The van der Waals surface area contributed by atoms with E-state index >= 15 is 0 Å². The van der Waals surface area contributed by atoms with Gasteiger partial charge in [0.1, 0.15) is 19.3 Å². The van der Waals surface area contributed by atoms with Crippen molar-refractivity contribution in [3.05, 3.63) is 0 Å². The summed E-state index contributed by atoms with van der Waals surface area (Å²) in [6.07, 6.45) is 39.0. The normalized spacial score (nSPS) is 14.3. The third-order valence-electron chi connectivity index (χ3n) is 15.6. The number of hydrogen-bond acceptors (Lipinski definition) is 15. The van der Waals surface area contributed by atoms with E-state index in [-0.39, 0.29) is 25.7 Å². The summed E-state index contributed by atoms with van der Waals surface area (Å²) in [6.45, 7) is 14.0. The van der Waals surface area contributed by atoms with E-state index in [2.05, 4.69) is 55.4 Å². The summed E-state index contributed by atoms with van der Waals surface area (Å²) in [5.74, 6) is 0.808. The third kappa shape index (κ3) is 62.6. The summed E-state index contributed by atoms with van der Waals surface area (Å²) in [5.41, 5.74) is 0. The van der Waals surface area contributed by atoms with E-state index in [1.54, 1.807) is 0 Å². The first kappa shape index (κ1) is 85.1. The van der Waals surface area contributed by atoms with Crippen LogP contribution in [0.15, 0.2) is 0 Å². The number of hydrogen-bond donors (Lipinski definition) is 3. The van der Waals surface area contributed by atoms with Crippen molar-refractivity contribution in [3.8, 4) is 0 Å². The highest BCUT2D eigenvalue weighted by Crippen LogP contribution is 2.45. The van der Waals surface area contributed by atoms with Gasteiger partial charge in [0.15, 0.2) is 12.2 Å². The van der Waals surface area contributed by atoms with Crippen molar-refractivity contribution in [2.24, 2.45) is 23.7 Å². The summed E-state index contributed by atoms with van der Waals surface area (Å²) in [7, 11) is -9.90. The summed E-state index contributed by atoms with van der Waals surface area (Å²) in [4.78, 5) is 72.4. The number of esters is 4. The fraction of sp³-hybridized carbons (Fsp3) is 0.941. The van der Waals surface area contributed by atoms with Crippen LogP contribution < -0.4 is 0 Å². The molecule has 0 amide bonds. The predicted octanol–water partition coefficient (Wildman–Crippen LogP) is 18.9. The van der Waals surface area contributed by atoms with Crippen molar-refractivity contribution >= 4 is 39.5 Å². The molecule has 0 saturated heterocycles. The number of rotatable bonds is 65. The van der Waals surface area contributed by atoms with Gasteiger partial charge in [-0.3, -0.25) is 37.3 Å². The van der Waals surface area contributed by atoms with Crippen molar-refractivity contribution < 1.29 is 80.2 Å². The largest absolute Gasteiger partial charge is 0.472 e. The van der Waals surface area contributed by atoms with Crippen LogP contribution in [-0.4, -0.2) is 96.7 Å². The second-order valence-electron chi connectivity index (χ2n) is 26.5. The monoisotopic (exact) mass is 1280 g/mol. The minimum atomic E-state index is -4.95. The van der Waals surface area contributed by atoms with Crippen LogP contribution in [-0.2, 0) is 65.4 Å². The van der Waals surface area contributed by atoms with Crippen LogP contribution in [0.1, 0.15) is 331 Å². The molecule has 0 aromatic rings. The van der Waals surface area contributed by atoms with Crippen LogP contribution in [0.2, 0.25) is 0 Å². The molecular formula is C68H132O17P2. The van der Waals surface area contributed by atoms with E-state index < -0.39 is 97.5 Å². The van der Waals surface area contributed by atoms with Gasteiger partial charge < -0.3 is 33.8 Å². The fourth-order valence-corrected chi connectivity index (χ4v) is 11.7. The zero-order valence-corrected chi connectivity index (χ0v) is 58.4. The topological polar surface area (TPSA) is 237 Å². The Morgan fingerprint density at radius 1 is 0.287 bits per heavy atom. The standard InChI is InChI=1S/C68H132O17P2/c1-58(2)44-36-28-20-12-9-10-14-26-34-42-50-67(72)84-63(54-78-65(70)48-40-32-24-18-16-22-30-38-46-60(5)6)56-82-86(74,75)80-52-62(69)53-81-87(76,77)83-57-64(55-79-66(71)49-41-33-25-19-17-23-31-39-47-61(7)8)85-68(73)51-43-35-27-15-11-13-21-29-37-45-59(3)4/h58-64,69H,9-57H2,1-8H3,(H,74,75)(H,76,77)/t62?,63-,64-/m1/s1. The quantitative estimate of drug-likeness (QED) is 0.0222. The first-order chi connectivity index (χ1) is 41.6. The Morgan fingerprint density at radius 2 is 0.483 bits per heavy atom. The molecule has 0 radical (unpaired) electrons. The Balaban J connectivity index is 5.27. The summed E-state index contributed by atoms with van der Waals surface area (Å²) >= 11 is 0. The lowest BCUT2D eigenvalue weighted by Crippen LogP contribution is -2.30. The molecule has 0 rings (SSSR count). The average Bonchev–Trinajstić information content (AvgIpc) is 3.47. The molecule has 0 aliphatic carbocycles.